The molecule has 1 atom stereocenters. The number of nitrogens with zero attached hydrogens (tertiary/aromatic N) is 2. The Morgan fingerprint density at radius 3 is 1.88 bits per heavy atom. The molecular weight excluding hydrogens is 792 g/mol. The summed E-state index contributed by atoms with van der Waals surface area (Å²) in [4.78, 5) is 27.5. The van der Waals surface area contributed by atoms with Crippen LogP contribution < -0.4 is 9.64 Å². The molecule has 1 amide bonds. The van der Waals surface area contributed by atoms with Crippen LogP contribution in [-0.4, -0.2) is 37.2 Å². The molecule has 0 aromatic heterocycles. The van der Waals surface area contributed by atoms with E-state index in [1.807, 2.05) is 60.7 Å². The Hall–Kier alpha value is -5.60. The highest BCUT2D eigenvalue weighted by Crippen LogP contribution is 2.37. The number of anilines is 1. The average molecular weight is 833 g/mol. The molecule has 1 aliphatic heterocycles. The molecule has 0 radical (unpaired) electrons. The minimum absolute atomic E-state index is 0.0242. The van der Waals surface area contributed by atoms with Gasteiger partial charge in [0.1, 0.15) is 30.6 Å². The first kappa shape index (κ1) is 41.6. The van der Waals surface area contributed by atoms with Crippen molar-refractivity contribution in [1.82, 2.24) is 4.31 Å². The van der Waals surface area contributed by atoms with Gasteiger partial charge in [-0.15, -0.1) is 0 Å². The molecule has 0 bridgehead atoms. The van der Waals surface area contributed by atoms with Crippen LogP contribution >= 0.6 is 0 Å². The Kier molecular flexibility index (Phi) is 12.8. The van der Waals surface area contributed by atoms with Gasteiger partial charge in [0.15, 0.2) is 28.2 Å². The number of carbonyl (C=O) groups is 2. The second kappa shape index (κ2) is 18.1. The van der Waals surface area contributed by atoms with Gasteiger partial charge < -0.3 is 14.4 Å². The number of amides is 1. The highest BCUT2D eigenvalue weighted by molar-refractivity contribution is 7.89. The van der Waals surface area contributed by atoms with E-state index in [0.29, 0.717) is 15.8 Å². The molecule has 5 aromatic rings. The van der Waals surface area contributed by atoms with Gasteiger partial charge in [-0.05, 0) is 66.0 Å². The minimum Gasteiger partial charge on any atom is -0.488 e. The number of carbonyl (C=O) groups excluding carboxylic acids is 2. The number of ether oxygens (including phenoxy) is 2. The van der Waals surface area contributed by atoms with Crippen LogP contribution in [-0.2, 0) is 39.3 Å². The zero-order valence-corrected chi connectivity index (χ0v) is 32.7. The zero-order chi connectivity index (χ0) is 41.7. The Labute approximate surface area is 339 Å². The number of benzene rings is 5. The smallest absolute Gasteiger partial charge is 0.342 e. The fourth-order valence-electron chi connectivity index (χ4n) is 7.70. The SMILES string of the molecule is O=C(OCc1ccccc1)c1ccc(N(Cc2ccc(C3CCCCC3)cc2)C(=O)[C@H]2CCCN2S(=O)(=O)c2c(F)c(F)c(F)c(F)c2F)cc1OCc1ccccc1. The third-order valence-corrected chi connectivity index (χ3v) is 12.8. The third kappa shape index (κ3) is 9.03. The van der Waals surface area contributed by atoms with Crippen molar-refractivity contribution in [3.8, 4) is 5.75 Å². The molecule has 1 saturated carbocycles. The molecule has 2 aliphatic rings. The van der Waals surface area contributed by atoms with Gasteiger partial charge in [0.05, 0.1) is 6.54 Å². The second-order valence-electron chi connectivity index (χ2n) is 14.7. The van der Waals surface area contributed by atoms with Crippen molar-refractivity contribution in [2.45, 2.75) is 81.6 Å². The summed E-state index contributed by atoms with van der Waals surface area (Å²) in [6, 6.07) is 28.6. The quantitative estimate of drug-likeness (QED) is 0.0508. The van der Waals surface area contributed by atoms with Gasteiger partial charge in [0.2, 0.25) is 21.7 Å². The van der Waals surface area contributed by atoms with E-state index < -0.39 is 68.5 Å². The van der Waals surface area contributed by atoms with Crippen molar-refractivity contribution in [2.24, 2.45) is 0 Å². The minimum atomic E-state index is -5.45. The van der Waals surface area contributed by atoms with Crippen LogP contribution in [0.3, 0.4) is 0 Å². The van der Waals surface area contributed by atoms with Crippen LogP contribution in [0.4, 0.5) is 27.6 Å². The van der Waals surface area contributed by atoms with Crippen LogP contribution in [0, 0.1) is 29.1 Å². The first-order valence-electron chi connectivity index (χ1n) is 19.4. The van der Waals surface area contributed by atoms with Gasteiger partial charge in [-0.25, -0.2) is 35.2 Å². The maximum Gasteiger partial charge on any atom is 0.342 e. The highest BCUT2D eigenvalue weighted by Gasteiger charge is 2.45. The fourth-order valence-corrected chi connectivity index (χ4v) is 9.46. The number of esters is 1. The summed E-state index contributed by atoms with van der Waals surface area (Å²) in [6.07, 6.45) is 5.49. The summed E-state index contributed by atoms with van der Waals surface area (Å²) in [5, 5.41) is 0. The van der Waals surface area contributed by atoms with E-state index in [4.69, 9.17) is 9.47 Å². The molecule has 1 aliphatic carbocycles. The first-order chi connectivity index (χ1) is 28.4. The van der Waals surface area contributed by atoms with Gasteiger partial charge in [-0.2, -0.15) is 4.31 Å². The molecule has 14 heteroatoms. The van der Waals surface area contributed by atoms with E-state index in [9.17, 15) is 40.0 Å². The Morgan fingerprint density at radius 2 is 1.25 bits per heavy atom. The molecule has 5 aromatic carbocycles. The lowest BCUT2D eigenvalue weighted by Crippen LogP contribution is -2.48. The maximum absolute atomic E-state index is 15.0. The lowest BCUT2D eigenvalue weighted by Gasteiger charge is -2.31. The molecule has 0 spiro atoms. The molecule has 308 valence electrons. The van der Waals surface area contributed by atoms with Crippen LogP contribution in [0.1, 0.15) is 83.5 Å². The largest absolute Gasteiger partial charge is 0.488 e. The molecule has 7 rings (SSSR count). The fraction of sp³-hybridized carbons (Fsp3) is 0.289. The van der Waals surface area contributed by atoms with Gasteiger partial charge in [-0.3, -0.25) is 4.79 Å². The molecule has 1 heterocycles. The lowest BCUT2D eigenvalue weighted by atomic mass is 9.84. The molecule has 59 heavy (non-hydrogen) atoms. The third-order valence-electron chi connectivity index (χ3n) is 10.8. The van der Waals surface area contributed by atoms with Crippen molar-refractivity contribution in [1.29, 1.82) is 0 Å². The van der Waals surface area contributed by atoms with Crippen LogP contribution in [0.25, 0.3) is 0 Å². The summed E-state index contributed by atoms with van der Waals surface area (Å²) in [7, 11) is -5.45. The number of hydrogen-bond acceptors (Lipinski definition) is 6. The average Bonchev–Trinajstić information content (AvgIpc) is 3.78. The Morgan fingerprint density at radius 1 is 0.661 bits per heavy atom. The second-order valence-corrected chi connectivity index (χ2v) is 16.5. The summed E-state index contributed by atoms with van der Waals surface area (Å²) in [5.74, 6) is -13.5. The molecular formula is C45H41F5N2O6S. The van der Waals surface area contributed by atoms with E-state index >= 15 is 0 Å². The summed E-state index contributed by atoms with van der Waals surface area (Å²) in [6.45, 7) is -0.557. The van der Waals surface area contributed by atoms with E-state index in [1.165, 1.54) is 29.5 Å². The van der Waals surface area contributed by atoms with Crippen LogP contribution in [0.15, 0.2) is 108 Å². The molecule has 0 N–H and O–H groups in total. The van der Waals surface area contributed by atoms with E-state index in [1.54, 1.807) is 24.3 Å². The van der Waals surface area contributed by atoms with Gasteiger partial charge in [0, 0.05) is 18.3 Å². The molecule has 2 fully saturated rings. The maximum atomic E-state index is 15.0. The van der Waals surface area contributed by atoms with E-state index in [2.05, 4.69) is 0 Å². The number of halogens is 5. The van der Waals surface area contributed by atoms with Crippen LogP contribution in [0.2, 0.25) is 0 Å². The summed E-state index contributed by atoms with van der Waals surface area (Å²) in [5.41, 5.74) is 3.54. The van der Waals surface area contributed by atoms with Crippen molar-refractivity contribution < 1.29 is 49.4 Å². The van der Waals surface area contributed by atoms with Gasteiger partial charge >= 0.3 is 5.97 Å². The van der Waals surface area contributed by atoms with Crippen molar-refractivity contribution in [2.75, 3.05) is 11.4 Å². The number of sulfonamides is 1. The molecule has 1 saturated heterocycles. The molecule has 8 nitrogen and oxygen atoms in total. The number of rotatable bonds is 13. The standard InChI is InChI=1S/C45H41F5N2O6S/c46-38-39(47)41(49)43(42(50)40(38)48)59(55,56)52-24-10-17-36(52)44(53)51(26-29-18-20-33(21-19-29)32-15-8-3-9-16-32)34-22-23-35(45(54)58-28-31-13-6-2-7-14-31)37(25-34)57-27-30-11-4-1-5-12-30/h1-2,4-7,11-14,18-23,25,32,36H,3,8-10,15-17,24,26-28H2/t36-/m1/s1. The predicted molar refractivity (Wildman–Crippen MR) is 209 cm³/mol. The molecule has 0 unspecified atom stereocenters. The normalized spacial score (nSPS) is 16.2. The highest BCUT2D eigenvalue weighted by atomic mass is 32.2. The van der Waals surface area contributed by atoms with Crippen molar-refractivity contribution in [3.05, 3.63) is 160 Å². The van der Waals surface area contributed by atoms with Crippen molar-refractivity contribution in [3.63, 3.8) is 0 Å². The predicted octanol–water partition coefficient (Wildman–Crippen LogP) is 9.75. The number of hydrogen-bond donors (Lipinski definition) is 0. The van der Waals surface area contributed by atoms with Gasteiger partial charge in [-0.1, -0.05) is 104 Å². The van der Waals surface area contributed by atoms with E-state index in [0.717, 1.165) is 42.4 Å². The lowest BCUT2D eigenvalue weighted by molar-refractivity contribution is -0.121. The summed E-state index contributed by atoms with van der Waals surface area (Å²) >= 11 is 0. The van der Waals surface area contributed by atoms with E-state index in [-0.39, 0.29) is 49.6 Å². The zero-order valence-electron chi connectivity index (χ0n) is 31.9. The first-order valence-corrected chi connectivity index (χ1v) is 20.8. The Balaban J connectivity index is 1.26. The summed E-state index contributed by atoms with van der Waals surface area (Å²) < 4.78 is 112. The monoisotopic (exact) mass is 832 g/mol. The van der Waals surface area contributed by atoms with Gasteiger partial charge in [0.25, 0.3) is 0 Å². The van der Waals surface area contributed by atoms with Crippen molar-refractivity contribution >= 4 is 27.6 Å². The Bertz CT molecular complexity index is 2380. The van der Waals surface area contributed by atoms with Crippen LogP contribution in [0.5, 0.6) is 5.75 Å². The topological polar surface area (TPSA) is 93.2 Å².